The van der Waals surface area contributed by atoms with Crippen molar-refractivity contribution in [1.82, 2.24) is 9.97 Å². The number of nitrogens with zero attached hydrogens (tertiary/aromatic N) is 3. The summed E-state index contributed by atoms with van der Waals surface area (Å²) in [5.74, 6) is 0.267. The van der Waals surface area contributed by atoms with E-state index < -0.39 is 0 Å². The first-order chi connectivity index (χ1) is 13.2. The van der Waals surface area contributed by atoms with Crippen LogP contribution in [0.15, 0.2) is 54.7 Å². The Morgan fingerprint density at radius 3 is 2.56 bits per heavy atom. The van der Waals surface area contributed by atoms with Crippen LogP contribution in [0.4, 0.5) is 0 Å². The van der Waals surface area contributed by atoms with Crippen LogP contribution in [0, 0.1) is 11.3 Å². The second-order valence-electron chi connectivity index (χ2n) is 5.85. The van der Waals surface area contributed by atoms with Gasteiger partial charge in [-0.3, -0.25) is 4.98 Å². The molecule has 0 saturated carbocycles. The Kier molecular flexibility index (Phi) is 6.37. The van der Waals surface area contributed by atoms with Crippen molar-refractivity contribution in [3.8, 4) is 34.5 Å². The predicted octanol–water partition coefficient (Wildman–Crippen LogP) is 4.49. The SMILES string of the molecule is N#Cc1c(-c2ccc(Cl)cc2)cc(-c2ccccn2)nc1OCCCCO. The highest BCUT2D eigenvalue weighted by atomic mass is 35.5. The molecule has 0 radical (unpaired) electrons. The Morgan fingerprint density at radius 2 is 1.89 bits per heavy atom. The number of aliphatic hydroxyl groups is 1. The minimum absolute atomic E-state index is 0.103. The Hall–Kier alpha value is -2.94. The summed E-state index contributed by atoms with van der Waals surface area (Å²) >= 11 is 6.00. The van der Waals surface area contributed by atoms with Crippen LogP contribution in [-0.2, 0) is 0 Å². The van der Waals surface area contributed by atoms with Gasteiger partial charge in [0.25, 0.3) is 0 Å². The Balaban J connectivity index is 2.09. The Bertz CT molecular complexity index is 938. The summed E-state index contributed by atoms with van der Waals surface area (Å²) in [5.41, 5.74) is 3.23. The van der Waals surface area contributed by atoms with E-state index in [2.05, 4.69) is 16.0 Å². The van der Waals surface area contributed by atoms with E-state index in [9.17, 15) is 5.26 Å². The van der Waals surface area contributed by atoms with Gasteiger partial charge in [0.1, 0.15) is 11.6 Å². The lowest BCUT2D eigenvalue weighted by molar-refractivity contribution is 0.249. The number of hydrogen-bond acceptors (Lipinski definition) is 5. The first-order valence-corrected chi connectivity index (χ1v) is 8.97. The molecular formula is C21H18ClN3O2. The molecule has 0 aliphatic heterocycles. The molecule has 2 aromatic heterocycles. The second kappa shape index (κ2) is 9.13. The lowest BCUT2D eigenvalue weighted by atomic mass is 10.00. The molecule has 1 N–H and O–H groups in total. The number of hydrogen-bond donors (Lipinski definition) is 1. The summed E-state index contributed by atoms with van der Waals surface area (Å²) in [4.78, 5) is 8.87. The smallest absolute Gasteiger partial charge is 0.232 e. The van der Waals surface area contributed by atoms with Crippen LogP contribution in [0.5, 0.6) is 5.88 Å². The molecule has 2 heterocycles. The molecular weight excluding hydrogens is 362 g/mol. The van der Waals surface area contributed by atoms with Crippen LogP contribution in [0.3, 0.4) is 0 Å². The van der Waals surface area contributed by atoms with Crippen molar-refractivity contribution in [2.75, 3.05) is 13.2 Å². The van der Waals surface area contributed by atoms with Crippen molar-refractivity contribution in [1.29, 1.82) is 5.26 Å². The number of aliphatic hydroxyl groups excluding tert-OH is 1. The van der Waals surface area contributed by atoms with E-state index in [4.69, 9.17) is 21.4 Å². The topological polar surface area (TPSA) is 79.0 Å². The van der Waals surface area contributed by atoms with Crippen LogP contribution in [0.1, 0.15) is 18.4 Å². The van der Waals surface area contributed by atoms with Crippen molar-refractivity contribution < 1.29 is 9.84 Å². The maximum absolute atomic E-state index is 9.73. The van der Waals surface area contributed by atoms with E-state index in [1.165, 1.54) is 0 Å². The molecule has 0 fully saturated rings. The highest BCUT2D eigenvalue weighted by molar-refractivity contribution is 6.30. The summed E-state index contributed by atoms with van der Waals surface area (Å²) in [5, 5.41) is 19.3. The molecule has 0 aliphatic carbocycles. The van der Waals surface area contributed by atoms with E-state index in [-0.39, 0.29) is 12.5 Å². The molecule has 0 spiro atoms. The molecule has 136 valence electrons. The fourth-order valence-electron chi connectivity index (χ4n) is 2.62. The van der Waals surface area contributed by atoms with Gasteiger partial charge in [-0.15, -0.1) is 0 Å². The van der Waals surface area contributed by atoms with Crippen LogP contribution in [0.25, 0.3) is 22.5 Å². The van der Waals surface area contributed by atoms with Gasteiger partial charge in [-0.25, -0.2) is 4.98 Å². The average molecular weight is 380 g/mol. The second-order valence-corrected chi connectivity index (χ2v) is 6.28. The number of benzene rings is 1. The highest BCUT2D eigenvalue weighted by Crippen LogP contribution is 2.33. The van der Waals surface area contributed by atoms with Crippen LogP contribution in [0.2, 0.25) is 5.02 Å². The summed E-state index contributed by atoms with van der Waals surface area (Å²) < 4.78 is 5.78. The number of nitriles is 1. The van der Waals surface area contributed by atoms with Gasteiger partial charge in [0.2, 0.25) is 5.88 Å². The van der Waals surface area contributed by atoms with Crippen LogP contribution < -0.4 is 4.74 Å². The van der Waals surface area contributed by atoms with Crippen molar-refractivity contribution >= 4 is 11.6 Å². The molecule has 1 aromatic carbocycles. The van der Waals surface area contributed by atoms with E-state index in [1.807, 2.05) is 36.4 Å². The highest BCUT2D eigenvalue weighted by Gasteiger charge is 2.17. The van der Waals surface area contributed by atoms with Crippen molar-refractivity contribution in [2.45, 2.75) is 12.8 Å². The van der Waals surface area contributed by atoms with Gasteiger partial charge in [0.05, 0.1) is 18.0 Å². The van der Waals surface area contributed by atoms with Gasteiger partial charge in [-0.05, 0) is 48.7 Å². The molecule has 0 bridgehead atoms. The van der Waals surface area contributed by atoms with E-state index in [1.54, 1.807) is 18.3 Å². The first-order valence-electron chi connectivity index (χ1n) is 8.59. The molecule has 0 aliphatic rings. The quantitative estimate of drug-likeness (QED) is 0.612. The lowest BCUT2D eigenvalue weighted by Gasteiger charge is -2.13. The lowest BCUT2D eigenvalue weighted by Crippen LogP contribution is -2.04. The van der Waals surface area contributed by atoms with E-state index in [0.717, 1.165) is 5.56 Å². The molecule has 0 unspecified atom stereocenters. The van der Waals surface area contributed by atoms with Gasteiger partial charge >= 0.3 is 0 Å². The predicted molar refractivity (Wildman–Crippen MR) is 104 cm³/mol. The van der Waals surface area contributed by atoms with Crippen LogP contribution >= 0.6 is 11.6 Å². The third-order valence-electron chi connectivity index (χ3n) is 3.97. The number of halogens is 1. The molecule has 6 heteroatoms. The first kappa shape index (κ1) is 18.8. The fraction of sp³-hybridized carbons (Fsp3) is 0.190. The Labute approximate surface area is 162 Å². The molecule has 5 nitrogen and oxygen atoms in total. The van der Waals surface area contributed by atoms with Gasteiger partial charge in [-0.2, -0.15) is 5.26 Å². The minimum atomic E-state index is 0.103. The Morgan fingerprint density at radius 1 is 1.07 bits per heavy atom. The molecule has 3 aromatic rings. The number of aromatic nitrogens is 2. The zero-order valence-corrected chi connectivity index (χ0v) is 15.4. The number of unbranched alkanes of at least 4 members (excludes halogenated alkanes) is 1. The molecule has 27 heavy (non-hydrogen) atoms. The summed E-state index contributed by atoms with van der Waals surface area (Å²) in [7, 11) is 0. The van der Waals surface area contributed by atoms with E-state index in [0.29, 0.717) is 47.0 Å². The maximum atomic E-state index is 9.73. The summed E-state index contributed by atoms with van der Waals surface area (Å²) in [6.07, 6.45) is 3.00. The standard InChI is InChI=1S/C21H18ClN3O2/c22-16-8-6-15(7-9-16)17-13-20(19-5-1-2-10-24-19)25-21(18(17)14-23)27-12-4-3-11-26/h1-2,5-10,13,26H,3-4,11-12H2. The molecule has 0 saturated heterocycles. The molecule has 0 amide bonds. The van der Waals surface area contributed by atoms with Gasteiger partial charge in [-0.1, -0.05) is 29.8 Å². The number of rotatable bonds is 7. The van der Waals surface area contributed by atoms with Crippen molar-refractivity contribution in [3.05, 3.63) is 65.3 Å². The normalized spacial score (nSPS) is 10.4. The van der Waals surface area contributed by atoms with Crippen LogP contribution in [-0.4, -0.2) is 28.3 Å². The van der Waals surface area contributed by atoms with Gasteiger partial charge < -0.3 is 9.84 Å². The van der Waals surface area contributed by atoms with E-state index >= 15 is 0 Å². The number of pyridine rings is 2. The molecule has 0 atom stereocenters. The fourth-order valence-corrected chi connectivity index (χ4v) is 2.75. The zero-order chi connectivity index (χ0) is 19.1. The average Bonchev–Trinajstić information content (AvgIpc) is 2.72. The summed E-state index contributed by atoms with van der Waals surface area (Å²) in [6, 6.07) is 16.9. The zero-order valence-electron chi connectivity index (χ0n) is 14.6. The van der Waals surface area contributed by atoms with Crippen molar-refractivity contribution in [2.24, 2.45) is 0 Å². The largest absolute Gasteiger partial charge is 0.477 e. The van der Waals surface area contributed by atoms with Crippen molar-refractivity contribution in [3.63, 3.8) is 0 Å². The maximum Gasteiger partial charge on any atom is 0.232 e. The van der Waals surface area contributed by atoms with Gasteiger partial charge in [0.15, 0.2) is 0 Å². The third kappa shape index (κ3) is 4.62. The minimum Gasteiger partial charge on any atom is -0.477 e. The third-order valence-corrected chi connectivity index (χ3v) is 4.22. The number of ether oxygens (including phenoxy) is 1. The molecule has 3 rings (SSSR count). The summed E-state index contributed by atoms with van der Waals surface area (Å²) in [6.45, 7) is 0.472. The van der Waals surface area contributed by atoms with Gasteiger partial charge in [0, 0.05) is 23.4 Å². The monoisotopic (exact) mass is 379 g/mol.